The standard InChI is InChI=1S/C20H16N6S/c1-10-9-27-18-4-3-12(5-14(10)18)15-6-13(21)7-16-20(15)23-11(2)19(24-16)17-8-22-26-25-17/h3-9H,21H2,1-2H3,(H,22,25,26). The Balaban J connectivity index is 1.78. The molecular weight excluding hydrogens is 356 g/mol. The molecule has 0 aliphatic carbocycles. The molecule has 0 fully saturated rings. The van der Waals surface area contributed by atoms with Crippen LogP contribution in [0.1, 0.15) is 11.3 Å². The number of hydrogen-bond acceptors (Lipinski definition) is 6. The molecule has 0 saturated carbocycles. The molecule has 0 spiro atoms. The molecule has 0 atom stereocenters. The van der Waals surface area contributed by atoms with E-state index >= 15 is 0 Å². The van der Waals surface area contributed by atoms with E-state index in [0.717, 1.165) is 27.9 Å². The van der Waals surface area contributed by atoms with Gasteiger partial charge in [-0.05, 0) is 60.0 Å². The maximum Gasteiger partial charge on any atom is 0.133 e. The second kappa shape index (κ2) is 5.85. The van der Waals surface area contributed by atoms with Crippen molar-refractivity contribution in [1.29, 1.82) is 0 Å². The summed E-state index contributed by atoms with van der Waals surface area (Å²) >= 11 is 1.76. The molecule has 7 heteroatoms. The second-order valence-electron chi connectivity index (χ2n) is 6.58. The highest BCUT2D eigenvalue weighted by Gasteiger charge is 2.15. The summed E-state index contributed by atoms with van der Waals surface area (Å²) in [5.74, 6) is 0. The highest BCUT2D eigenvalue weighted by molar-refractivity contribution is 7.17. The zero-order valence-corrected chi connectivity index (χ0v) is 15.6. The molecule has 3 N–H and O–H groups in total. The van der Waals surface area contributed by atoms with E-state index in [-0.39, 0.29) is 0 Å². The number of nitrogens with one attached hydrogen (secondary N) is 1. The normalized spacial score (nSPS) is 11.5. The number of H-pyrrole nitrogens is 1. The van der Waals surface area contributed by atoms with Gasteiger partial charge in [0.2, 0.25) is 0 Å². The third kappa shape index (κ3) is 2.55. The number of anilines is 1. The van der Waals surface area contributed by atoms with Crippen LogP contribution in [0.5, 0.6) is 0 Å². The lowest BCUT2D eigenvalue weighted by atomic mass is 10.0. The monoisotopic (exact) mass is 372 g/mol. The Morgan fingerprint density at radius 3 is 2.78 bits per heavy atom. The fourth-order valence-corrected chi connectivity index (χ4v) is 4.29. The Morgan fingerprint density at radius 2 is 1.96 bits per heavy atom. The number of benzene rings is 2. The zero-order chi connectivity index (χ0) is 18.5. The van der Waals surface area contributed by atoms with E-state index in [0.29, 0.717) is 17.1 Å². The van der Waals surface area contributed by atoms with Crippen LogP contribution in [0, 0.1) is 13.8 Å². The third-order valence-electron chi connectivity index (χ3n) is 4.70. The minimum Gasteiger partial charge on any atom is -0.399 e. The minimum atomic E-state index is 0.656. The van der Waals surface area contributed by atoms with Crippen molar-refractivity contribution in [3.63, 3.8) is 0 Å². The van der Waals surface area contributed by atoms with Gasteiger partial charge in [-0.1, -0.05) is 6.07 Å². The molecule has 0 radical (unpaired) electrons. The first kappa shape index (κ1) is 15.9. The molecule has 5 aromatic rings. The maximum atomic E-state index is 6.19. The molecule has 132 valence electrons. The summed E-state index contributed by atoms with van der Waals surface area (Å²) in [6.07, 6.45) is 1.64. The quantitative estimate of drug-likeness (QED) is 0.445. The van der Waals surface area contributed by atoms with Gasteiger partial charge in [0.1, 0.15) is 11.4 Å². The van der Waals surface area contributed by atoms with Crippen LogP contribution >= 0.6 is 11.3 Å². The molecule has 5 rings (SSSR count). The second-order valence-corrected chi connectivity index (χ2v) is 7.49. The molecular formula is C20H16N6S. The van der Waals surface area contributed by atoms with E-state index in [1.165, 1.54) is 15.6 Å². The average Bonchev–Trinajstić information content (AvgIpc) is 3.31. The predicted molar refractivity (Wildman–Crippen MR) is 110 cm³/mol. The highest BCUT2D eigenvalue weighted by Crippen LogP contribution is 2.35. The van der Waals surface area contributed by atoms with Gasteiger partial charge in [-0.25, -0.2) is 9.97 Å². The smallest absolute Gasteiger partial charge is 0.133 e. The molecule has 0 unspecified atom stereocenters. The van der Waals surface area contributed by atoms with Crippen LogP contribution in [0.4, 0.5) is 5.69 Å². The number of hydrogen-bond donors (Lipinski definition) is 2. The van der Waals surface area contributed by atoms with Gasteiger partial charge in [-0.15, -0.1) is 11.3 Å². The van der Waals surface area contributed by atoms with Crippen LogP contribution in [0.25, 0.3) is 43.6 Å². The fraction of sp³-hybridized carbons (Fsp3) is 0.100. The van der Waals surface area contributed by atoms with Crippen molar-refractivity contribution in [3.8, 4) is 22.5 Å². The number of nitrogens with zero attached hydrogens (tertiary/aromatic N) is 4. The molecule has 0 aliphatic heterocycles. The van der Waals surface area contributed by atoms with Crippen LogP contribution in [-0.4, -0.2) is 25.4 Å². The van der Waals surface area contributed by atoms with Gasteiger partial charge in [0, 0.05) is 16.0 Å². The van der Waals surface area contributed by atoms with Crippen LogP contribution in [0.15, 0.2) is 41.9 Å². The Kier molecular flexibility index (Phi) is 3.45. The number of thiophene rings is 1. The molecule has 0 saturated heterocycles. The third-order valence-corrected chi connectivity index (χ3v) is 5.78. The first-order valence-corrected chi connectivity index (χ1v) is 9.40. The number of aromatic nitrogens is 5. The molecule has 6 nitrogen and oxygen atoms in total. The van der Waals surface area contributed by atoms with Crippen molar-refractivity contribution in [2.75, 3.05) is 5.73 Å². The Morgan fingerprint density at radius 1 is 1.07 bits per heavy atom. The maximum absolute atomic E-state index is 6.19. The van der Waals surface area contributed by atoms with Gasteiger partial charge in [-0.2, -0.15) is 15.4 Å². The minimum absolute atomic E-state index is 0.656. The number of aromatic amines is 1. The van der Waals surface area contributed by atoms with E-state index in [1.54, 1.807) is 17.5 Å². The summed E-state index contributed by atoms with van der Waals surface area (Å²) in [4.78, 5) is 9.61. The predicted octanol–water partition coefficient (Wildman–Crippen LogP) is 4.50. The first-order valence-electron chi connectivity index (χ1n) is 8.52. The summed E-state index contributed by atoms with van der Waals surface area (Å²) < 4.78 is 1.28. The van der Waals surface area contributed by atoms with Crippen molar-refractivity contribution in [2.45, 2.75) is 13.8 Å². The lowest BCUT2D eigenvalue weighted by molar-refractivity contribution is 0.940. The van der Waals surface area contributed by atoms with E-state index < -0.39 is 0 Å². The molecule has 27 heavy (non-hydrogen) atoms. The number of aryl methyl sites for hydroxylation is 2. The average molecular weight is 372 g/mol. The Labute approximate surface area is 159 Å². The lowest BCUT2D eigenvalue weighted by Crippen LogP contribution is -1.98. The van der Waals surface area contributed by atoms with Crippen molar-refractivity contribution in [2.24, 2.45) is 0 Å². The first-order chi connectivity index (χ1) is 13.1. The Hall–Kier alpha value is -3.32. The SMILES string of the molecule is Cc1nc2c(-c3ccc4scc(C)c4c3)cc(N)cc2nc1-c1cn[nH]n1. The van der Waals surface area contributed by atoms with E-state index in [4.69, 9.17) is 15.7 Å². The summed E-state index contributed by atoms with van der Waals surface area (Å²) in [7, 11) is 0. The number of fused-ring (bicyclic) bond motifs is 2. The molecule has 0 bridgehead atoms. The van der Waals surface area contributed by atoms with Gasteiger partial charge in [0.25, 0.3) is 0 Å². The van der Waals surface area contributed by atoms with Crippen LogP contribution < -0.4 is 5.73 Å². The number of nitrogen functional groups attached to an aromatic ring is 1. The van der Waals surface area contributed by atoms with Gasteiger partial charge in [0.05, 0.1) is 22.9 Å². The number of nitrogens with two attached hydrogens (primary N) is 1. The molecule has 3 heterocycles. The number of rotatable bonds is 2. The summed E-state index contributed by atoms with van der Waals surface area (Å²) in [6.45, 7) is 4.07. The van der Waals surface area contributed by atoms with Crippen molar-refractivity contribution < 1.29 is 0 Å². The molecule has 0 amide bonds. The van der Waals surface area contributed by atoms with Crippen molar-refractivity contribution in [1.82, 2.24) is 25.4 Å². The van der Waals surface area contributed by atoms with Crippen LogP contribution in [0.3, 0.4) is 0 Å². The topological polar surface area (TPSA) is 93.4 Å². The summed E-state index contributed by atoms with van der Waals surface area (Å²) in [5.41, 5.74) is 14.0. The van der Waals surface area contributed by atoms with E-state index in [9.17, 15) is 0 Å². The van der Waals surface area contributed by atoms with Gasteiger partial charge in [0.15, 0.2) is 0 Å². The van der Waals surface area contributed by atoms with Crippen molar-refractivity contribution in [3.05, 3.63) is 53.2 Å². The summed E-state index contributed by atoms with van der Waals surface area (Å²) in [6, 6.07) is 10.3. The largest absolute Gasteiger partial charge is 0.399 e. The Bertz CT molecular complexity index is 1300. The van der Waals surface area contributed by atoms with Crippen LogP contribution in [0.2, 0.25) is 0 Å². The molecule has 0 aliphatic rings. The molecule has 3 aromatic heterocycles. The van der Waals surface area contributed by atoms with Gasteiger partial charge >= 0.3 is 0 Å². The van der Waals surface area contributed by atoms with Gasteiger partial charge in [-0.3, -0.25) is 0 Å². The van der Waals surface area contributed by atoms with Gasteiger partial charge < -0.3 is 5.73 Å². The van der Waals surface area contributed by atoms with E-state index in [2.05, 4.69) is 45.9 Å². The lowest BCUT2D eigenvalue weighted by Gasteiger charge is -2.11. The fourth-order valence-electron chi connectivity index (χ4n) is 3.37. The zero-order valence-electron chi connectivity index (χ0n) is 14.8. The van der Waals surface area contributed by atoms with E-state index in [1.807, 2.05) is 19.1 Å². The van der Waals surface area contributed by atoms with Crippen molar-refractivity contribution >= 4 is 38.1 Å². The highest BCUT2D eigenvalue weighted by atomic mass is 32.1. The summed E-state index contributed by atoms with van der Waals surface area (Å²) in [5, 5.41) is 14.1. The van der Waals surface area contributed by atoms with Crippen LogP contribution in [-0.2, 0) is 0 Å². The molecule has 2 aromatic carbocycles.